The molecule has 0 bridgehead atoms. The highest BCUT2D eigenvalue weighted by Crippen LogP contribution is 2.32. The Morgan fingerprint density at radius 2 is 1.96 bits per heavy atom. The number of rotatable bonds is 4. The summed E-state index contributed by atoms with van der Waals surface area (Å²) in [7, 11) is 0. The number of likely N-dealkylation sites (tertiary alicyclic amines) is 1. The number of benzene rings is 2. The Hall–Kier alpha value is -2.92. The van der Waals surface area contributed by atoms with Crippen molar-refractivity contribution >= 4 is 5.91 Å². The average molecular weight is 347 g/mol. The first-order chi connectivity index (χ1) is 12.6. The zero-order chi connectivity index (χ0) is 18.0. The molecule has 1 aliphatic rings. The summed E-state index contributed by atoms with van der Waals surface area (Å²) in [6, 6.07) is 19.1. The Kier molecular flexibility index (Phi) is 4.31. The molecule has 1 N–H and O–H groups in total. The number of amides is 1. The quantitative estimate of drug-likeness (QED) is 0.789. The van der Waals surface area contributed by atoms with Gasteiger partial charge in [0.1, 0.15) is 5.60 Å². The molecule has 2 aromatic carbocycles. The minimum atomic E-state index is -0.969. The van der Waals surface area contributed by atoms with Crippen molar-refractivity contribution in [3.05, 3.63) is 89.7 Å². The van der Waals surface area contributed by atoms with Gasteiger partial charge in [0.05, 0.1) is 13.1 Å². The third-order valence-electron chi connectivity index (χ3n) is 4.92. The zero-order valence-electron chi connectivity index (χ0n) is 14.5. The third kappa shape index (κ3) is 3.26. The smallest absolute Gasteiger partial charge is 0.253 e. The molecule has 1 aliphatic heterocycles. The lowest BCUT2D eigenvalue weighted by molar-refractivity contribution is 0.0417. The number of aliphatic hydroxyl groups is 1. The highest BCUT2D eigenvalue weighted by atomic mass is 16.3. The van der Waals surface area contributed by atoms with Crippen molar-refractivity contribution in [3.8, 4) is 0 Å². The van der Waals surface area contributed by atoms with Crippen LogP contribution in [0.2, 0.25) is 0 Å². The van der Waals surface area contributed by atoms with E-state index in [0.717, 1.165) is 11.1 Å². The predicted octanol–water partition coefficient (Wildman–Crippen LogP) is 2.67. The molecule has 132 valence electrons. The molecule has 1 fully saturated rings. The highest BCUT2D eigenvalue weighted by Gasteiger charge is 2.39. The number of β-amino-alcohol motifs (C(OH)–C–C–N with tert-alkyl or cyclic N) is 1. The second-order valence-electron chi connectivity index (χ2n) is 6.78. The highest BCUT2D eigenvalue weighted by molar-refractivity contribution is 5.94. The van der Waals surface area contributed by atoms with Gasteiger partial charge in [-0.25, -0.2) is 0 Å². The molecule has 26 heavy (non-hydrogen) atoms. The van der Waals surface area contributed by atoms with E-state index < -0.39 is 5.60 Å². The maximum Gasteiger partial charge on any atom is 0.253 e. The molecule has 5 heteroatoms. The number of hydrogen-bond donors (Lipinski definition) is 1. The van der Waals surface area contributed by atoms with E-state index in [0.29, 0.717) is 31.6 Å². The van der Waals surface area contributed by atoms with Crippen LogP contribution < -0.4 is 0 Å². The molecule has 1 aromatic heterocycles. The van der Waals surface area contributed by atoms with Crippen LogP contribution in [0.5, 0.6) is 0 Å². The Morgan fingerprint density at radius 3 is 2.73 bits per heavy atom. The third-order valence-corrected chi connectivity index (χ3v) is 4.92. The number of aromatic nitrogens is 2. The molecule has 0 saturated carbocycles. The number of carbonyl (C=O) groups excluding carboxylic acids is 1. The molecule has 0 unspecified atom stereocenters. The molecule has 3 aromatic rings. The van der Waals surface area contributed by atoms with Gasteiger partial charge in [-0.2, -0.15) is 5.10 Å². The molecule has 4 rings (SSSR count). The topological polar surface area (TPSA) is 58.4 Å². The van der Waals surface area contributed by atoms with Crippen LogP contribution in [0.1, 0.15) is 27.9 Å². The van der Waals surface area contributed by atoms with Gasteiger partial charge in [0.2, 0.25) is 0 Å². The Labute approximate surface area is 152 Å². The van der Waals surface area contributed by atoms with Gasteiger partial charge in [-0.15, -0.1) is 0 Å². The average Bonchev–Trinajstić information content (AvgIpc) is 3.33. The van der Waals surface area contributed by atoms with Crippen molar-refractivity contribution < 1.29 is 9.90 Å². The first-order valence-electron chi connectivity index (χ1n) is 8.78. The van der Waals surface area contributed by atoms with E-state index in [4.69, 9.17) is 0 Å². The maximum absolute atomic E-state index is 12.9. The normalized spacial score (nSPS) is 19.7. The summed E-state index contributed by atoms with van der Waals surface area (Å²) < 4.78 is 1.83. The minimum absolute atomic E-state index is 0.0424. The van der Waals surface area contributed by atoms with Crippen LogP contribution in [0.25, 0.3) is 0 Å². The van der Waals surface area contributed by atoms with E-state index >= 15 is 0 Å². The Balaban J connectivity index is 1.50. The van der Waals surface area contributed by atoms with Gasteiger partial charge in [-0.05, 0) is 35.7 Å². The van der Waals surface area contributed by atoms with Crippen LogP contribution in [0.4, 0.5) is 0 Å². The van der Waals surface area contributed by atoms with Crippen molar-refractivity contribution in [2.45, 2.75) is 18.6 Å². The molecular formula is C21H21N3O2. The summed E-state index contributed by atoms with van der Waals surface area (Å²) in [5, 5.41) is 15.2. The van der Waals surface area contributed by atoms with Crippen molar-refractivity contribution in [2.75, 3.05) is 13.1 Å². The lowest BCUT2D eigenvalue weighted by Crippen LogP contribution is -2.34. The van der Waals surface area contributed by atoms with E-state index in [1.165, 1.54) is 0 Å². The SMILES string of the molecule is O=C(c1cccc(Cn2cccn2)c1)N1CC[C@@](O)(c2ccccc2)C1. The van der Waals surface area contributed by atoms with Gasteiger partial charge in [0.15, 0.2) is 0 Å². The molecule has 1 amide bonds. The van der Waals surface area contributed by atoms with Crippen LogP contribution in [-0.2, 0) is 12.1 Å². The fraction of sp³-hybridized carbons (Fsp3) is 0.238. The molecule has 5 nitrogen and oxygen atoms in total. The fourth-order valence-electron chi connectivity index (χ4n) is 3.52. The monoisotopic (exact) mass is 347 g/mol. The second-order valence-corrected chi connectivity index (χ2v) is 6.78. The van der Waals surface area contributed by atoms with Gasteiger partial charge in [0, 0.05) is 24.5 Å². The van der Waals surface area contributed by atoms with Crippen molar-refractivity contribution in [1.82, 2.24) is 14.7 Å². The van der Waals surface area contributed by atoms with Gasteiger partial charge >= 0.3 is 0 Å². The Bertz CT molecular complexity index is 893. The summed E-state index contributed by atoms with van der Waals surface area (Å²) in [6.07, 6.45) is 4.19. The van der Waals surface area contributed by atoms with Gasteiger partial charge in [-0.1, -0.05) is 42.5 Å². The van der Waals surface area contributed by atoms with Crippen LogP contribution in [0.15, 0.2) is 73.1 Å². The van der Waals surface area contributed by atoms with Crippen LogP contribution >= 0.6 is 0 Å². The van der Waals surface area contributed by atoms with Crippen LogP contribution in [0.3, 0.4) is 0 Å². The van der Waals surface area contributed by atoms with E-state index in [-0.39, 0.29) is 5.91 Å². The molecule has 0 spiro atoms. The van der Waals surface area contributed by atoms with E-state index in [2.05, 4.69) is 5.10 Å². The molecule has 2 heterocycles. The number of hydrogen-bond acceptors (Lipinski definition) is 3. The van der Waals surface area contributed by atoms with E-state index in [9.17, 15) is 9.90 Å². The zero-order valence-corrected chi connectivity index (χ0v) is 14.5. The molecule has 1 atom stereocenters. The van der Waals surface area contributed by atoms with Gasteiger partial charge in [-0.3, -0.25) is 9.48 Å². The number of carbonyl (C=O) groups is 1. The van der Waals surface area contributed by atoms with Crippen LogP contribution in [-0.4, -0.2) is 38.8 Å². The summed E-state index contributed by atoms with van der Waals surface area (Å²) in [5.41, 5.74) is 1.57. The van der Waals surface area contributed by atoms with Crippen molar-refractivity contribution in [3.63, 3.8) is 0 Å². The standard InChI is InChI=1S/C21H21N3O2/c25-20(18-7-4-6-17(14-18)15-24-12-5-11-22-24)23-13-10-21(26,16-23)19-8-2-1-3-9-19/h1-9,11-12,14,26H,10,13,15-16H2/t21-/m0/s1. The fourth-order valence-corrected chi connectivity index (χ4v) is 3.52. The molecule has 0 radical (unpaired) electrons. The summed E-state index contributed by atoms with van der Waals surface area (Å²) in [4.78, 5) is 14.6. The molecular weight excluding hydrogens is 326 g/mol. The maximum atomic E-state index is 12.9. The van der Waals surface area contributed by atoms with Gasteiger partial charge < -0.3 is 10.0 Å². The van der Waals surface area contributed by atoms with Crippen molar-refractivity contribution in [1.29, 1.82) is 0 Å². The molecule has 0 aliphatic carbocycles. The van der Waals surface area contributed by atoms with E-state index in [1.54, 1.807) is 11.1 Å². The lowest BCUT2D eigenvalue weighted by Gasteiger charge is -2.24. The Morgan fingerprint density at radius 1 is 1.12 bits per heavy atom. The predicted molar refractivity (Wildman–Crippen MR) is 98.6 cm³/mol. The second kappa shape index (κ2) is 6.77. The minimum Gasteiger partial charge on any atom is -0.383 e. The lowest BCUT2D eigenvalue weighted by atomic mass is 9.93. The molecule has 1 saturated heterocycles. The van der Waals surface area contributed by atoms with Crippen molar-refractivity contribution in [2.24, 2.45) is 0 Å². The summed E-state index contributed by atoms with van der Waals surface area (Å²) in [5.74, 6) is -0.0424. The largest absolute Gasteiger partial charge is 0.383 e. The first-order valence-corrected chi connectivity index (χ1v) is 8.78. The summed E-state index contributed by atoms with van der Waals surface area (Å²) >= 11 is 0. The first kappa shape index (κ1) is 16.5. The summed E-state index contributed by atoms with van der Waals surface area (Å²) in [6.45, 7) is 1.49. The van der Waals surface area contributed by atoms with Crippen LogP contribution in [0, 0.1) is 0 Å². The number of nitrogens with zero attached hydrogens (tertiary/aromatic N) is 3. The van der Waals surface area contributed by atoms with E-state index in [1.807, 2.05) is 71.5 Å². The van der Waals surface area contributed by atoms with Gasteiger partial charge in [0.25, 0.3) is 5.91 Å².